The number of ketones is 1. The van der Waals surface area contributed by atoms with E-state index in [1.807, 2.05) is 37.0 Å². The Bertz CT molecular complexity index is 963. The smallest absolute Gasteiger partial charge is 0.162 e. The molecule has 4 nitrogen and oxygen atoms in total. The number of aryl methyl sites for hydroxylation is 1. The molecular weight excluding hydrogens is 334 g/mol. The maximum atomic E-state index is 13.2. The Labute approximate surface area is 161 Å². The van der Waals surface area contributed by atoms with Gasteiger partial charge in [-0.2, -0.15) is 5.10 Å². The number of aromatic nitrogens is 2. The molecule has 0 fully saturated rings. The predicted molar refractivity (Wildman–Crippen MR) is 110 cm³/mol. The summed E-state index contributed by atoms with van der Waals surface area (Å²) in [4.78, 5) is 15.3. The minimum atomic E-state index is -0.0382. The lowest BCUT2D eigenvalue weighted by atomic mass is 9.70. The van der Waals surface area contributed by atoms with Gasteiger partial charge in [-0.25, -0.2) is 0 Å². The molecular formula is C23H27N3O. The van der Waals surface area contributed by atoms with Crippen LogP contribution in [0.3, 0.4) is 0 Å². The molecule has 1 aromatic heterocycles. The van der Waals surface area contributed by atoms with Crippen LogP contribution in [0, 0.1) is 12.3 Å². The molecule has 4 heteroatoms. The summed E-state index contributed by atoms with van der Waals surface area (Å²) in [7, 11) is 4.02. The summed E-state index contributed by atoms with van der Waals surface area (Å²) in [5, 5.41) is 4.76. The molecule has 1 aliphatic heterocycles. The highest BCUT2D eigenvalue weighted by molar-refractivity contribution is 6.01. The van der Waals surface area contributed by atoms with E-state index in [2.05, 4.69) is 50.0 Å². The van der Waals surface area contributed by atoms with Crippen molar-refractivity contribution in [3.05, 3.63) is 64.5 Å². The van der Waals surface area contributed by atoms with Gasteiger partial charge in [0.2, 0.25) is 0 Å². The summed E-state index contributed by atoms with van der Waals surface area (Å²) in [6, 6.07) is 10.3. The first-order chi connectivity index (χ1) is 12.8. The van der Waals surface area contributed by atoms with E-state index < -0.39 is 0 Å². The molecule has 4 rings (SSSR count). The van der Waals surface area contributed by atoms with Gasteiger partial charge in [-0.1, -0.05) is 56.3 Å². The maximum absolute atomic E-state index is 13.2. The second-order valence-electron chi connectivity index (χ2n) is 8.55. The fraction of sp³-hybridized carbons (Fsp3) is 0.391. The number of carbonyl (C=O) groups excluding carboxylic acids is 1. The molecule has 0 saturated heterocycles. The Balaban J connectivity index is 1.88. The quantitative estimate of drug-likeness (QED) is 0.783. The van der Waals surface area contributed by atoms with Gasteiger partial charge in [-0.05, 0) is 24.3 Å². The first-order valence-corrected chi connectivity index (χ1v) is 9.55. The fourth-order valence-electron chi connectivity index (χ4n) is 4.41. The van der Waals surface area contributed by atoms with Crippen molar-refractivity contribution in [3.8, 4) is 0 Å². The Morgan fingerprint density at radius 3 is 2.56 bits per heavy atom. The van der Waals surface area contributed by atoms with Crippen LogP contribution in [0.5, 0.6) is 0 Å². The van der Waals surface area contributed by atoms with Gasteiger partial charge in [0.1, 0.15) is 0 Å². The first-order valence-electron chi connectivity index (χ1n) is 9.55. The average Bonchev–Trinajstić information content (AvgIpc) is 2.91. The zero-order chi connectivity index (χ0) is 19.3. The molecule has 1 unspecified atom stereocenters. The number of allylic oxidation sites excluding steroid dienone is 3. The average molecular weight is 361 g/mol. The summed E-state index contributed by atoms with van der Waals surface area (Å²) < 4.78 is 1.93. The van der Waals surface area contributed by atoms with Gasteiger partial charge in [0, 0.05) is 49.0 Å². The molecule has 0 saturated carbocycles. The van der Waals surface area contributed by atoms with Crippen molar-refractivity contribution in [3.63, 3.8) is 0 Å². The molecule has 27 heavy (non-hydrogen) atoms. The largest absolute Gasteiger partial charge is 0.331 e. The second-order valence-corrected chi connectivity index (χ2v) is 8.55. The Hall–Kier alpha value is -2.62. The van der Waals surface area contributed by atoms with Crippen LogP contribution < -0.4 is 4.90 Å². The van der Waals surface area contributed by atoms with Crippen LogP contribution in [-0.4, -0.2) is 22.6 Å². The standard InChI is InChI=1S/C23H27N3O/c1-15-20-17(12-11-16-9-7-6-8-10-16)21-18(13-23(2,3)14-19(21)27)25(4)22(20)24-26(15)5/h6-12,17H,13-14H2,1-5H3/b12-11+. The molecule has 0 amide bonds. The zero-order valence-electron chi connectivity index (χ0n) is 16.8. The van der Waals surface area contributed by atoms with Crippen LogP contribution in [0.15, 0.2) is 47.7 Å². The summed E-state index contributed by atoms with van der Waals surface area (Å²) in [5.41, 5.74) is 5.48. The predicted octanol–water partition coefficient (Wildman–Crippen LogP) is 4.62. The van der Waals surface area contributed by atoms with Gasteiger partial charge in [-0.3, -0.25) is 9.48 Å². The third-order valence-corrected chi connectivity index (χ3v) is 5.88. The Morgan fingerprint density at radius 1 is 1.15 bits per heavy atom. The van der Waals surface area contributed by atoms with Crippen LogP contribution >= 0.6 is 0 Å². The summed E-state index contributed by atoms with van der Waals surface area (Å²) >= 11 is 0. The fourth-order valence-corrected chi connectivity index (χ4v) is 4.41. The Morgan fingerprint density at radius 2 is 1.85 bits per heavy atom. The molecule has 0 radical (unpaired) electrons. The van der Waals surface area contributed by atoms with Crippen LogP contribution in [0.1, 0.15) is 49.4 Å². The molecule has 2 aromatic rings. The molecule has 1 atom stereocenters. The third kappa shape index (κ3) is 2.93. The van der Waals surface area contributed by atoms with Crippen molar-refractivity contribution in [1.29, 1.82) is 0 Å². The van der Waals surface area contributed by atoms with E-state index in [-0.39, 0.29) is 17.1 Å². The van der Waals surface area contributed by atoms with Gasteiger partial charge in [-0.15, -0.1) is 0 Å². The minimum absolute atomic E-state index is 0.0147. The van der Waals surface area contributed by atoms with Crippen molar-refractivity contribution in [2.24, 2.45) is 12.5 Å². The molecule has 1 aliphatic carbocycles. The van der Waals surface area contributed by atoms with E-state index in [9.17, 15) is 4.79 Å². The molecule has 1 aromatic carbocycles. The van der Waals surface area contributed by atoms with E-state index >= 15 is 0 Å². The van der Waals surface area contributed by atoms with Gasteiger partial charge >= 0.3 is 0 Å². The highest BCUT2D eigenvalue weighted by Gasteiger charge is 2.43. The molecule has 2 heterocycles. The molecule has 0 bridgehead atoms. The van der Waals surface area contributed by atoms with Crippen molar-refractivity contribution >= 4 is 17.7 Å². The molecule has 0 N–H and O–H groups in total. The number of fused-ring (bicyclic) bond motifs is 1. The maximum Gasteiger partial charge on any atom is 0.162 e. The van der Waals surface area contributed by atoms with Crippen LogP contribution in [0.2, 0.25) is 0 Å². The van der Waals surface area contributed by atoms with E-state index in [0.29, 0.717) is 6.42 Å². The van der Waals surface area contributed by atoms with E-state index in [0.717, 1.165) is 40.3 Å². The zero-order valence-corrected chi connectivity index (χ0v) is 16.8. The van der Waals surface area contributed by atoms with Crippen molar-refractivity contribution in [1.82, 2.24) is 9.78 Å². The lowest BCUT2D eigenvalue weighted by Crippen LogP contribution is -2.37. The SMILES string of the molecule is Cc1c2c(nn1C)N(C)C1=C(C(=O)CC(C)(C)C1)C2/C=C/c1ccccc1. The lowest BCUT2D eigenvalue weighted by Gasteiger charge is -2.41. The lowest BCUT2D eigenvalue weighted by molar-refractivity contribution is -0.118. The monoisotopic (exact) mass is 361 g/mol. The van der Waals surface area contributed by atoms with Crippen LogP contribution in [-0.2, 0) is 11.8 Å². The van der Waals surface area contributed by atoms with Gasteiger partial charge in [0.05, 0.1) is 0 Å². The number of carbonyl (C=O) groups is 1. The number of nitrogens with zero attached hydrogens (tertiary/aromatic N) is 3. The summed E-state index contributed by atoms with van der Waals surface area (Å²) in [5.74, 6) is 1.20. The highest BCUT2D eigenvalue weighted by atomic mass is 16.1. The molecule has 0 spiro atoms. The van der Waals surface area contributed by atoms with E-state index in [1.54, 1.807) is 0 Å². The number of hydrogen-bond donors (Lipinski definition) is 0. The number of benzene rings is 1. The van der Waals surface area contributed by atoms with E-state index in [4.69, 9.17) is 5.10 Å². The highest BCUT2D eigenvalue weighted by Crippen LogP contribution is 2.49. The summed E-state index contributed by atoms with van der Waals surface area (Å²) in [6.45, 7) is 6.44. The van der Waals surface area contributed by atoms with Gasteiger partial charge in [0.25, 0.3) is 0 Å². The van der Waals surface area contributed by atoms with E-state index in [1.165, 1.54) is 0 Å². The minimum Gasteiger partial charge on any atom is -0.331 e. The second kappa shape index (κ2) is 6.22. The van der Waals surface area contributed by atoms with Gasteiger partial charge < -0.3 is 4.90 Å². The number of anilines is 1. The third-order valence-electron chi connectivity index (χ3n) is 5.88. The van der Waals surface area contributed by atoms with Crippen LogP contribution in [0.4, 0.5) is 5.82 Å². The molecule has 2 aliphatic rings. The van der Waals surface area contributed by atoms with Crippen molar-refractivity contribution in [2.45, 2.75) is 39.5 Å². The number of hydrogen-bond acceptors (Lipinski definition) is 3. The molecule has 140 valence electrons. The summed E-state index contributed by atoms with van der Waals surface area (Å²) in [6.07, 6.45) is 5.81. The number of Topliss-reactive ketones (excluding diaryl/α,β-unsaturated/α-hetero) is 1. The van der Waals surface area contributed by atoms with Gasteiger partial charge in [0.15, 0.2) is 11.6 Å². The number of rotatable bonds is 2. The Kier molecular flexibility index (Phi) is 4.10. The normalized spacial score (nSPS) is 21.6. The van der Waals surface area contributed by atoms with Crippen molar-refractivity contribution < 1.29 is 4.79 Å². The first kappa shape index (κ1) is 17.8. The van der Waals surface area contributed by atoms with Crippen LogP contribution in [0.25, 0.3) is 6.08 Å². The topological polar surface area (TPSA) is 38.1 Å². The van der Waals surface area contributed by atoms with Crippen molar-refractivity contribution in [2.75, 3.05) is 11.9 Å².